The van der Waals surface area contributed by atoms with Crippen LogP contribution in [0.2, 0.25) is 0 Å². The molecular formula is C14H13N3O2S. The van der Waals surface area contributed by atoms with Gasteiger partial charge in [-0.2, -0.15) is 5.10 Å². The largest absolute Gasteiger partial charge is 0.508 e. The van der Waals surface area contributed by atoms with Crippen LogP contribution in [0.4, 0.5) is 0 Å². The summed E-state index contributed by atoms with van der Waals surface area (Å²) in [7, 11) is 0. The van der Waals surface area contributed by atoms with E-state index >= 15 is 0 Å². The zero-order valence-electron chi connectivity index (χ0n) is 11.0. The van der Waals surface area contributed by atoms with Gasteiger partial charge >= 0.3 is 0 Å². The molecule has 6 heteroatoms. The molecule has 0 atom stereocenters. The molecule has 0 aliphatic heterocycles. The van der Waals surface area contributed by atoms with Crippen LogP contribution in [-0.4, -0.2) is 25.4 Å². The van der Waals surface area contributed by atoms with E-state index < -0.39 is 0 Å². The van der Waals surface area contributed by atoms with Crippen LogP contribution < -0.4 is 0 Å². The van der Waals surface area contributed by atoms with E-state index in [0.29, 0.717) is 11.3 Å². The topological polar surface area (TPSA) is 82.0 Å². The highest BCUT2D eigenvalue weighted by atomic mass is 32.1. The first-order valence-corrected chi connectivity index (χ1v) is 6.93. The van der Waals surface area contributed by atoms with Gasteiger partial charge in [0.25, 0.3) is 0 Å². The first kappa shape index (κ1) is 12.7. The fourth-order valence-corrected chi connectivity index (χ4v) is 2.85. The lowest BCUT2D eigenvalue weighted by atomic mass is 10.0. The number of aromatic amines is 1. The number of nitrogens with zero attached hydrogens (tertiary/aromatic N) is 2. The van der Waals surface area contributed by atoms with Gasteiger partial charge in [-0.3, -0.25) is 5.10 Å². The molecule has 3 N–H and O–H groups in total. The molecule has 20 heavy (non-hydrogen) atoms. The Hall–Kier alpha value is -2.34. The molecule has 3 aromatic rings. The second-order valence-electron chi connectivity index (χ2n) is 4.57. The quantitative estimate of drug-likeness (QED) is 0.676. The highest BCUT2D eigenvalue weighted by molar-refractivity contribution is 7.09. The molecule has 0 unspecified atom stereocenters. The first-order valence-electron chi connectivity index (χ1n) is 6.05. The first-order chi connectivity index (χ1) is 9.56. The van der Waals surface area contributed by atoms with Gasteiger partial charge in [0.05, 0.1) is 22.6 Å². The second kappa shape index (κ2) is 4.64. The van der Waals surface area contributed by atoms with Gasteiger partial charge in [0.15, 0.2) is 0 Å². The van der Waals surface area contributed by atoms with Crippen LogP contribution in [-0.2, 0) is 0 Å². The van der Waals surface area contributed by atoms with E-state index in [9.17, 15) is 10.2 Å². The lowest BCUT2D eigenvalue weighted by molar-refractivity contribution is 0.451. The Morgan fingerprint density at radius 2 is 2.00 bits per heavy atom. The van der Waals surface area contributed by atoms with Crippen molar-refractivity contribution in [3.05, 3.63) is 34.3 Å². The fourth-order valence-electron chi connectivity index (χ4n) is 2.23. The molecule has 0 amide bonds. The summed E-state index contributed by atoms with van der Waals surface area (Å²) in [5.74, 6) is 0.0502. The molecule has 2 heterocycles. The number of aromatic nitrogens is 3. The minimum Gasteiger partial charge on any atom is -0.508 e. The predicted octanol–water partition coefficient (Wildman–Crippen LogP) is 3.23. The molecule has 0 aliphatic carbocycles. The maximum absolute atomic E-state index is 10.1. The normalized spacial score (nSPS) is 10.9. The van der Waals surface area contributed by atoms with Gasteiger partial charge in [-0.05, 0) is 25.5 Å². The molecule has 0 spiro atoms. The summed E-state index contributed by atoms with van der Waals surface area (Å²) < 4.78 is 0. The van der Waals surface area contributed by atoms with Crippen LogP contribution >= 0.6 is 11.3 Å². The van der Waals surface area contributed by atoms with E-state index in [2.05, 4.69) is 15.2 Å². The van der Waals surface area contributed by atoms with Gasteiger partial charge in [0.2, 0.25) is 0 Å². The maximum Gasteiger partial charge on any atom is 0.128 e. The third kappa shape index (κ3) is 2.04. The van der Waals surface area contributed by atoms with Crippen molar-refractivity contribution in [3.63, 3.8) is 0 Å². The minimum absolute atomic E-state index is 0.0138. The number of benzene rings is 1. The van der Waals surface area contributed by atoms with Gasteiger partial charge < -0.3 is 10.2 Å². The van der Waals surface area contributed by atoms with Gasteiger partial charge in [0.1, 0.15) is 11.5 Å². The summed E-state index contributed by atoms with van der Waals surface area (Å²) in [6.45, 7) is 3.77. The van der Waals surface area contributed by atoms with Crippen molar-refractivity contribution in [2.75, 3.05) is 0 Å². The molecule has 0 saturated heterocycles. The Balaban J connectivity index is 2.20. The van der Waals surface area contributed by atoms with Crippen molar-refractivity contribution in [2.24, 2.45) is 0 Å². The van der Waals surface area contributed by atoms with Crippen LogP contribution in [0.15, 0.2) is 23.7 Å². The zero-order valence-corrected chi connectivity index (χ0v) is 11.8. The zero-order chi connectivity index (χ0) is 14.3. The number of aromatic hydroxyl groups is 2. The van der Waals surface area contributed by atoms with E-state index in [0.717, 1.165) is 21.8 Å². The van der Waals surface area contributed by atoms with Crippen LogP contribution in [0.25, 0.3) is 22.5 Å². The average molecular weight is 287 g/mol. The van der Waals surface area contributed by atoms with Crippen molar-refractivity contribution in [1.29, 1.82) is 0 Å². The molecule has 0 radical (unpaired) electrons. The Bertz CT molecular complexity index is 753. The Labute approximate surface area is 119 Å². The predicted molar refractivity (Wildman–Crippen MR) is 77.9 cm³/mol. The standard InChI is InChI=1S/C14H13N3O2S/c1-7-3-9(18)4-12(19)13(7)14-10(5-15-17-14)11-6-20-8(2)16-11/h3-6,18-19H,1-2H3,(H,15,17). The number of phenolic OH excluding ortho intramolecular Hbond substituents is 2. The van der Waals surface area contributed by atoms with Crippen molar-refractivity contribution in [2.45, 2.75) is 13.8 Å². The highest BCUT2D eigenvalue weighted by Gasteiger charge is 2.17. The number of nitrogens with one attached hydrogen (secondary N) is 1. The number of aryl methyl sites for hydroxylation is 2. The third-order valence-corrected chi connectivity index (χ3v) is 3.86. The molecule has 0 saturated carbocycles. The smallest absolute Gasteiger partial charge is 0.128 e. The van der Waals surface area contributed by atoms with E-state index in [-0.39, 0.29) is 11.5 Å². The fraction of sp³-hybridized carbons (Fsp3) is 0.143. The van der Waals surface area contributed by atoms with Gasteiger partial charge in [-0.15, -0.1) is 11.3 Å². The molecule has 5 nitrogen and oxygen atoms in total. The maximum atomic E-state index is 10.1. The van der Waals surface area contributed by atoms with Gasteiger partial charge in [-0.1, -0.05) is 0 Å². The summed E-state index contributed by atoms with van der Waals surface area (Å²) in [4.78, 5) is 4.44. The van der Waals surface area contributed by atoms with E-state index in [1.165, 1.54) is 6.07 Å². The van der Waals surface area contributed by atoms with Crippen molar-refractivity contribution < 1.29 is 10.2 Å². The van der Waals surface area contributed by atoms with E-state index in [4.69, 9.17) is 0 Å². The van der Waals surface area contributed by atoms with Gasteiger partial charge in [0, 0.05) is 22.6 Å². The van der Waals surface area contributed by atoms with Gasteiger partial charge in [-0.25, -0.2) is 4.98 Å². The number of thiazole rings is 1. The number of hydrogen-bond acceptors (Lipinski definition) is 5. The molecule has 3 rings (SSSR count). The molecular weight excluding hydrogens is 274 g/mol. The highest BCUT2D eigenvalue weighted by Crippen LogP contribution is 2.39. The summed E-state index contributed by atoms with van der Waals surface area (Å²) >= 11 is 1.56. The lowest BCUT2D eigenvalue weighted by Gasteiger charge is -2.09. The van der Waals surface area contributed by atoms with Crippen LogP contribution in [0, 0.1) is 13.8 Å². The van der Waals surface area contributed by atoms with E-state index in [1.807, 2.05) is 19.2 Å². The number of H-pyrrole nitrogens is 1. The van der Waals surface area contributed by atoms with Crippen molar-refractivity contribution >= 4 is 11.3 Å². The molecule has 0 fully saturated rings. The molecule has 0 bridgehead atoms. The minimum atomic E-state index is 0.0138. The molecule has 0 aliphatic rings. The second-order valence-corrected chi connectivity index (χ2v) is 5.63. The Morgan fingerprint density at radius 3 is 2.65 bits per heavy atom. The van der Waals surface area contributed by atoms with Crippen LogP contribution in [0.3, 0.4) is 0 Å². The summed E-state index contributed by atoms with van der Waals surface area (Å²) in [5.41, 5.74) is 3.74. The SMILES string of the molecule is Cc1nc(-c2cn[nH]c2-c2c(C)cc(O)cc2O)cs1. The lowest BCUT2D eigenvalue weighted by Crippen LogP contribution is -1.88. The Morgan fingerprint density at radius 1 is 1.20 bits per heavy atom. The number of phenols is 2. The summed E-state index contributed by atoms with van der Waals surface area (Å²) in [6, 6.07) is 2.92. The monoisotopic (exact) mass is 287 g/mol. The summed E-state index contributed by atoms with van der Waals surface area (Å²) in [6.07, 6.45) is 1.69. The number of rotatable bonds is 2. The third-order valence-electron chi connectivity index (χ3n) is 3.08. The molecule has 102 valence electrons. The van der Waals surface area contributed by atoms with Crippen molar-refractivity contribution in [3.8, 4) is 34.0 Å². The molecule has 2 aromatic heterocycles. The Kier molecular flexibility index (Phi) is 2.94. The van der Waals surface area contributed by atoms with Crippen LogP contribution in [0.1, 0.15) is 10.6 Å². The van der Waals surface area contributed by atoms with Crippen molar-refractivity contribution in [1.82, 2.24) is 15.2 Å². The van der Waals surface area contributed by atoms with Crippen LogP contribution in [0.5, 0.6) is 11.5 Å². The summed E-state index contributed by atoms with van der Waals surface area (Å²) in [5, 5.41) is 29.5. The number of hydrogen-bond donors (Lipinski definition) is 3. The average Bonchev–Trinajstić information content (AvgIpc) is 2.96. The van der Waals surface area contributed by atoms with E-state index in [1.54, 1.807) is 23.6 Å². The molecule has 1 aromatic carbocycles.